The number of esters is 1. The van der Waals surface area contributed by atoms with Crippen molar-refractivity contribution in [3.05, 3.63) is 59.2 Å². The van der Waals surface area contributed by atoms with Crippen molar-refractivity contribution >= 4 is 5.97 Å². The highest BCUT2D eigenvalue weighted by Gasteiger charge is 2.73. The zero-order valence-electron chi connectivity index (χ0n) is 27.1. The second-order valence-corrected chi connectivity index (χ2v) is 15.0. The quantitative estimate of drug-likeness (QED) is 0.165. The van der Waals surface area contributed by atoms with Gasteiger partial charge in [0.15, 0.2) is 11.5 Å². The lowest BCUT2D eigenvalue weighted by molar-refractivity contribution is -0.201. The summed E-state index contributed by atoms with van der Waals surface area (Å²) in [5, 5.41) is 13.0. The number of aliphatic hydroxyl groups is 1. The first-order chi connectivity index (χ1) is 21.3. The van der Waals surface area contributed by atoms with Crippen molar-refractivity contribution in [2.75, 3.05) is 26.2 Å². The third-order valence-electron chi connectivity index (χ3n) is 11.5. The van der Waals surface area contributed by atoms with E-state index < -0.39 is 11.0 Å². The average molecular weight is 601 g/mol. The molecule has 5 atom stereocenters. The summed E-state index contributed by atoms with van der Waals surface area (Å²) in [6, 6.07) is 15.3. The van der Waals surface area contributed by atoms with Gasteiger partial charge in [0.25, 0.3) is 0 Å². The molecule has 6 heteroatoms. The van der Waals surface area contributed by atoms with E-state index in [-0.39, 0.29) is 24.2 Å². The van der Waals surface area contributed by atoms with Crippen LogP contribution in [0.15, 0.2) is 42.5 Å². The Kier molecular flexibility index (Phi) is 8.30. The van der Waals surface area contributed by atoms with E-state index in [4.69, 9.17) is 9.47 Å². The van der Waals surface area contributed by atoms with Gasteiger partial charge in [0, 0.05) is 37.7 Å². The number of unbranched alkanes of at least 4 members (excludes halogenated alkanes) is 3. The summed E-state index contributed by atoms with van der Waals surface area (Å²) in [5.41, 5.74) is 2.56. The predicted octanol–water partition coefficient (Wildman–Crippen LogP) is 6.31. The van der Waals surface area contributed by atoms with Gasteiger partial charge >= 0.3 is 5.97 Å². The van der Waals surface area contributed by atoms with Gasteiger partial charge in [0.1, 0.15) is 6.10 Å². The minimum atomic E-state index is -0.838. The van der Waals surface area contributed by atoms with Crippen molar-refractivity contribution in [2.24, 2.45) is 11.8 Å². The number of aryl methyl sites for hydroxylation is 1. The molecule has 2 aliphatic heterocycles. The summed E-state index contributed by atoms with van der Waals surface area (Å²) in [4.78, 5) is 17.5. The van der Waals surface area contributed by atoms with E-state index in [1.165, 1.54) is 56.6 Å². The lowest BCUT2D eigenvalue weighted by Crippen LogP contribution is -2.78. The van der Waals surface area contributed by atoms with E-state index >= 15 is 0 Å². The molecule has 0 aromatic heterocycles. The summed E-state index contributed by atoms with van der Waals surface area (Å²) in [6.07, 6.45) is 12.0. The number of likely N-dealkylation sites (tertiary alicyclic amines) is 1. The molecular formula is C38H52N2O4. The summed E-state index contributed by atoms with van der Waals surface area (Å²) in [5.74, 6) is 2.26. The van der Waals surface area contributed by atoms with Gasteiger partial charge in [-0.1, -0.05) is 63.1 Å². The van der Waals surface area contributed by atoms with Crippen LogP contribution >= 0.6 is 0 Å². The second-order valence-electron chi connectivity index (χ2n) is 15.0. The normalized spacial score (nSPS) is 30.4. The van der Waals surface area contributed by atoms with Gasteiger partial charge in [-0.3, -0.25) is 14.6 Å². The van der Waals surface area contributed by atoms with E-state index in [1.54, 1.807) is 0 Å². The first kappa shape index (κ1) is 30.3. The molecule has 7 rings (SSSR count). The van der Waals surface area contributed by atoms with Gasteiger partial charge in [0.05, 0.1) is 11.0 Å². The topological polar surface area (TPSA) is 62.2 Å². The zero-order valence-corrected chi connectivity index (χ0v) is 27.1. The number of rotatable bonds is 13. The molecule has 0 radical (unpaired) electrons. The monoisotopic (exact) mass is 600 g/mol. The molecular weight excluding hydrogens is 548 g/mol. The van der Waals surface area contributed by atoms with E-state index in [0.29, 0.717) is 11.7 Å². The lowest BCUT2D eigenvalue weighted by atomic mass is 9.48. The fraction of sp³-hybridized carbons (Fsp3) is 0.658. The van der Waals surface area contributed by atoms with Gasteiger partial charge in [0.2, 0.25) is 0 Å². The number of carbonyl (C=O) groups is 1. The average Bonchev–Trinajstić information content (AvgIpc) is 3.74. The molecule has 2 bridgehead atoms. The van der Waals surface area contributed by atoms with Crippen LogP contribution in [0.3, 0.4) is 0 Å². The molecule has 5 aliphatic rings. The van der Waals surface area contributed by atoms with E-state index in [0.717, 1.165) is 75.5 Å². The highest BCUT2D eigenvalue weighted by Crippen LogP contribution is 2.66. The number of hydrogen-bond acceptors (Lipinski definition) is 6. The summed E-state index contributed by atoms with van der Waals surface area (Å²) >= 11 is 0. The Hall–Kier alpha value is -2.41. The van der Waals surface area contributed by atoms with E-state index in [2.05, 4.69) is 60.0 Å². The van der Waals surface area contributed by atoms with Crippen molar-refractivity contribution < 1.29 is 19.4 Å². The zero-order chi connectivity index (χ0) is 30.5. The number of piperidine rings is 1. The van der Waals surface area contributed by atoms with Gasteiger partial charge in [-0.05, 0) is 99.9 Å². The van der Waals surface area contributed by atoms with Crippen molar-refractivity contribution in [3.63, 3.8) is 0 Å². The van der Waals surface area contributed by atoms with Gasteiger partial charge < -0.3 is 14.6 Å². The first-order valence-electron chi connectivity index (χ1n) is 17.6. The van der Waals surface area contributed by atoms with Gasteiger partial charge in [-0.2, -0.15) is 0 Å². The summed E-state index contributed by atoms with van der Waals surface area (Å²) in [6.45, 7) is 10.3. The fourth-order valence-electron chi connectivity index (χ4n) is 9.56. The largest absolute Gasteiger partial charge is 0.483 e. The van der Waals surface area contributed by atoms with Gasteiger partial charge in [-0.25, -0.2) is 0 Å². The molecule has 2 aromatic rings. The van der Waals surface area contributed by atoms with Gasteiger partial charge in [-0.15, -0.1) is 0 Å². The van der Waals surface area contributed by atoms with Crippen molar-refractivity contribution in [1.29, 1.82) is 0 Å². The number of carbonyl (C=O) groups excluding carboxylic acids is 1. The van der Waals surface area contributed by atoms with E-state index in [1.807, 2.05) is 6.07 Å². The maximum Gasteiger partial charge on any atom is 0.308 e. The molecule has 2 saturated carbocycles. The third kappa shape index (κ3) is 5.29. The Bertz CT molecular complexity index is 1340. The molecule has 1 spiro atoms. The van der Waals surface area contributed by atoms with Crippen LogP contribution in [0.4, 0.5) is 0 Å². The van der Waals surface area contributed by atoms with Crippen LogP contribution in [0.5, 0.6) is 11.5 Å². The Balaban J connectivity index is 1.15. The maximum absolute atomic E-state index is 13.0. The maximum atomic E-state index is 13.0. The molecule has 3 aliphatic carbocycles. The standard InChI is InChI=1S/C38H52N2O4/c1-26(2)24-39(21-10-5-4-7-11-28-12-8-6-9-13-28)31-18-19-38(42)33-23-30-16-17-32(43-27(3)41)35-34(30)37(38,36(31)44-35)20-22-40(33)25-29-14-15-29/h6,8-9,12-13,16-17,26,29,31,33,36,42H,4-5,7,10-11,14-15,18-25H2,1-3H3/t31-,33-,36+,37+,38-/m1/s1. The Morgan fingerprint density at radius 2 is 1.86 bits per heavy atom. The second kappa shape index (κ2) is 12.1. The van der Waals surface area contributed by atoms with Crippen LogP contribution in [-0.2, 0) is 23.1 Å². The molecule has 0 unspecified atom stereocenters. The predicted molar refractivity (Wildman–Crippen MR) is 173 cm³/mol. The van der Waals surface area contributed by atoms with Crippen LogP contribution in [0.2, 0.25) is 0 Å². The molecule has 238 valence electrons. The fourth-order valence-corrected chi connectivity index (χ4v) is 9.56. The minimum absolute atomic E-state index is 0.116. The molecule has 44 heavy (non-hydrogen) atoms. The molecule has 3 fully saturated rings. The Labute approximate surface area is 264 Å². The van der Waals surface area contributed by atoms with Crippen molar-refractivity contribution in [1.82, 2.24) is 9.80 Å². The van der Waals surface area contributed by atoms with Crippen molar-refractivity contribution in [3.8, 4) is 11.5 Å². The SMILES string of the molecule is CC(=O)Oc1ccc2c3c1O[C@H]1[C@H](N(CCCCCCc4ccccc4)CC(C)C)CC[C@@]4(O)[C@@H](C2)N(CC2CC2)CC[C@]314. The molecule has 2 heterocycles. The van der Waals surface area contributed by atoms with Crippen LogP contribution < -0.4 is 9.47 Å². The van der Waals surface area contributed by atoms with E-state index in [9.17, 15) is 9.90 Å². The number of hydrogen-bond donors (Lipinski definition) is 1. The summed E-state index contributed by atoms with van der Waals surface area (Å²) < 4.78 is 12.8. The first-order valence-corrected chi connectivity index (χ1v) is 17.6. The highest BCUT2D eigenvalue weighted by atomic mass is 16.6. The molecule has 6 nitrogen and oxygen atoms in total. The lowest BCUT2D eigenvalue weighted by Gasteiger charge is -2.65. The smallest absolute Gasteiger partial charge is 0.308 e. The number of benzene rings is 2. The molecule has 1 saturated heterocycles. The third-order valence-corrected chi connectivity index (χ3v) is 11.5. The van der Waals surface area contributed by atoms with Crippen LogP contribution in [0, 0.1) is 11.8 Å². The number of ether oxygens (including phenoxy) is 2. The number of nitrogens with zero attached hydrogens (tertiary/aromatic N) is 2. The summed E-state index contributed by atoms with van der Waals surface area (Å²) in [7, 11) is 0. The van der Waals surface area contributed by atoms with Crippen LogP contribution in [0.1, 0.15) is 95.2 Å². The molecule has 1 N–H and O–H groups in total. The molecule has 0 amide bonds. The van der Waals surface area contributed by atoms with Crippen molar-refractivity contribution in [2.45, 2.75) is 121 Å². The Morgan fingerprint density at radius 1 is 1.07 bits per heavy atom. The Morgan fingerprint density at radius 3 is 2.61 bits per heavy atom. The van der Waals surface area contributed by atoms with Crippen LogP contribution in [-0.4, -0.2) is 70.8 Å². The highest BCUT2D eigenvalue weighted by molar-refractivity contribution is 5.72. The van der Waals surface area contributed by atoms with Crippen LogP contribution in [0.25, 0.3) is 0 Å². The molecule has 2 aromatic carbocycles. The minimum Gasteiger partial charge on any atom is -0.483 e.